The number of benzene rings is 1. The van der Waals surface area contributed by atoms with E-state index in [9.17, 15) is 8.42 Å². The molecular weight excluding hydrogens is 210 g/mol. The number of para-hydroxylation sites is 1. The number of sulfone groups is 1. The van der Waals surface area contributed by atoms with E-state index in [1.165, 1.54) is 0 Å². The standard InChI is InChI=1S/C11H15NO2S/c12-10-7-3-4-8-11(10)15(13,14)9-5-1-2-6-9/h3-4,7-9H,1-2,5-6,12H2. The third kappa shape index (κ3) is 1.86. The van der Waals surface area contributed by atoms with Crippen molar-refractivity contribution in [3.8, 4) is 0 Å². The summed E-state index contributed by atoms with van der Waals surface area (Å²) in [5.74, 6) is 0. The van der Waals surface area contributed by atoms with Crippen LogP contribution in [0.3, 0.4) is 0 Å². The van der Waals surface area contributed by atoms with E-state index in [-0.39, 0.29) is 5.25 Å². The summed E-state index contributed by atoms with van der Waals surface area (Å²) in [4.78, 5) is 0.303. The average molecular weight is 225 g/mol. The van der Waals surface area contributed by atoms with Gasteiger partial charge in [0.1, 0.15) is 0 Å². The van der Waals surface area contributed by atoms with Crippen LogP contribution in [0.15, 0.2) is 29.2 Å². The Morgan fingerprint density at radius 3 is 2.33 bits per heavy atom. The molecule has 1 fully saturated rings. The zero-order valence-corrected chi connectivity index (χ0v) is 9.33. The Morgan fingerprint density at radius 2 is 1.73 bits per heavy atom. The maximum Gasteiger partial charge on any atom is 0.183 e. The highest BCUT2D eigenvalue weighted by atomic mass is 32.2. The third-order valence-electron chi connectivity index (χ3n) is 2.97. The van der Waals surface area contributed by atoms with Gasteiger partial charge in [-0.1, -0.05) is 25.0 Å². The van der Waals surface area contributed by atoms with Gasteiger partial charge in [-0.2, -0.15) is 0 Å². The van der Waals surface area contributed by atoms with E-state index in [2.05, 4.69) is 0 Å². The van der Waals surface area contributed by atoms with Crippen LogP contribution < -0.4 is 5.73 Å². The Kier molecular flexibility index (Phi) is 2.69. The molecule has 0 saturated heterocycles. The van der Waals surface area contributed by atoms with Gasteiger partial charge < -0.3 is 5.73 Å². The highest BCUT2D eigenvalue weighted by Crippen LogP contribution is 2.31. The van der Waals surface area contributed by atoms with Crippen LogP contribution in [0.4, 0.5) is 5.69 Å². The Morgan fingerprint density at radius 1 is 1.13 bits per heavy atom. The van der Waals surface area contributed by atoms with Crippen LogP contribution in [0.1, 0.15) is 25.7 Å². The SMILES string of the molecule is Nc1ccccc1S(=O)(=O)C1CCCC1. The first-order valence-corrected chi connectivity index (χ1v) is 6.75. The van der Waals surface area contributed by atoms with Crippen molar-refractivity contribution in [2.45, 2.75) is 35.8 Å². The molecule has 0 amide bonds. The number of nitrogens with two attached hydrogens (primary N) is 1. The lowest BCUT2D eigenvalue weighted by Crippen LogP contribution is -2.18. The van der Waals surface area contributed by atoms with Crippen molar-refractivity contribution in [2.24, 2.45) is 0 Å². The van der Waals surface area contributed by atoms with Crippen molar-refractivity contribution < 1.29 is 8.42 Å². The van der Waals surface area contributed by atoms with Crippen LogP contribution >= 0.6 is 0 Å². The van der Waals surface area contributed by atoms with Gasteiger partial charge in [0.05, 0.1) is 15.8 Å². The first-order chi connectivity index (χ1) is 7.12. The molecule has 1 aromatic carbocycles. The topological polar surface area (TPSA) is 60.2 Å². The molecule has 2 rings (SSSR count). The molecule has 2 N–H and O–H groups in total. The molecule has 0 aromatic heterocycles. The number of hydrogen-bond donors (Lipinski definition) is 1. The van der Waals surface area contributed by atoms with Crippen molar-refractivity contribution >= 4 is 15.5 Å². The van der Waals surface area contributed by atoms with E-state index in [1.807, 2.05) is 0 Å². The highest BCUT2D eigenvalue weighted by molar-refractivity contribution is 7.92. The molecule has 4 heteroatoms. The van der Waals surface area contributed by atoms with E-state index in [0.717, 1.165) is 25.7 Å². The van der Waals surface area contributed by atoms with Gasteiger partial charge in [-0.05, 0) is 25.0 Å². The van der Waals surface area contributed by atoms with E-state index in [0.29, 0.717) is 10.6 Å². The first-order valence-electron chi connectivity index (χ1n) is 5.21. The lowest BCUT2D eigenvalue weighted by Gasteiger charge is -2.12. The van der Waals surface area contributed by atoms with Gasteiger partial charge in [0, 0.05) is 0 Å². The number of rotatable bonds is 2. The maximum absolute atomic E-state index is 12.2. The first kappa shape index (κ1) is 10.5. The summed E-state index contributed by atoms with van der Waals surface area (Å²) in [5.41, 5.74) is 6.06. The largest absolute Gasteiger partial charge is 0.398 e. The monoisotopic (exact) mass is 225 g/mol. The van der Waals surface area contributed by atoms with Gasteiger partial charge >= 0.3 is 0 Å². The van der Waals surface area contributed by atoms with E-state index >= 15 is 0 Å². The lowest BCUT2D eigenvalue weighted by molar-refractivity contribution is 0.580. The summed E-state index contributed by atoms with van der Waals surface area (Å²) in [5, 5.41) is -0.220. The number of hydrogen-bond acceptors (Lipinski definition) is 3. The van der Waals surface area contributed by atoms with Crippen LogP contribution in [-0.2, 0) is 9.84 Å². The molecule has 0 unspecified atom stereocenters. The Balaban J connectivity index is 2.41. The zero-order valence-electron chi connectivity index (χ0n) is 8.52. The van der Waals surface area contributed by atoms with E-state index in [1.54, 1.807) is 24.3 Å². The molecule has 3 nitrogen and oxygen atoms in total. The molecule has 0 aliphatic heterocycles. The van der Waals surface area contributed by atoms with Crippen molar-refractivity contribution in [2.75, 3.05) is 5.73 Å². The molecule has 0 spiro atoms. The van der Waals surface area contributed by atoms with Gasteiger partial charge in [0.2, 0.25) is 0 Å². The molecule has 0 bridgehead atoms. The highest BCUT2D eigenvalue weighted by Gasteiger charge is 2.31. The van der Waals surface area contributed by atoms with Gasteiger partial charge in [-0.15, -0.1) is 0 Å². The molecule has 1 aromatic rings. The van der Waals surface area contributed by atoms with Gasteiger partial charge in [0.25, 0.3) is 0 Å². The fourth-order valence-corrected chi connectivity index (χ4v) is 4.10. The predicted octanol–water partition coefficient (Wildman–Crippen LogP) is 1.99. The second-order valence-corrected chi connectivity index (χ2v) is 6.19. The molecule has 1 aliphatic rings. The number of anilines is 1. The average Bonchev–Trinajstić information content (AvgIpc) is 2.71. The molecule has 15 heavy (non-hydrogen) atoms. The van der Waals surface area contributed by atoms with Crippen LogP contribution in [0.25, 0.3) is 0 Å². The molecule has 1 aliphatic carbocycles. The van der Waals surface area contributed by atoms with Gasteiger partial charge in [-0.25, -0.2) is 8.42 Å². The molecule has 0 radical (unpaired) electrons. The smallest absolute Gasteiger partial charge is 0.183 e. The second-order valence-electron chi connectivity index (χ2n) is 3.99. The summed E-state index contributed by atoms with van der Waals surface area (Å²) in [6, 6.07) is 6.71. The maximum atomic E-state index is 12.2. The minimum absolute atomic E-state index is 0.220. The molecule has 82 valence electrons. The summed E-state index contributed by atoms with van der Waals surface area (Å²) in [6.07, 6.45) is 3.57. The second kappa shape index (κ2) is 3.85. The minimum Gasteiger partial charge on any atom is -0.398 e. The normalized spacial score (nSPS) is 18.1. The van der Waals surface area contributed by atoms with Crippen LogP contribution in [0.2, 0.25) is 0 Å². The lowest BCUT2D eigenvalue weighted by atomic mass is 10.3. The molecule has 1 saturated carbocycles. The third-order valence-corrected chi connectivity index (χ3v) is 5.30. The minimum atomic E-state index is -3.19. The fourth-order valence-electron chi connectivity index (χ4n) is 2.12. The van der Waals surface area contributed by atoms with Crippen molar-refractivity contribution in [1.82, 2.24) is 0 Å². The van der Waals surface area contributed by atoms with E-state index < -0.39 is 9.84 Å². The van der Waals surface area contributed by atoms with Crippen LogP contribution in [0.5, 0.6) is 0 Å². The molecule has 0 atom stereocenters. The molecule has 0 heterocycles. The van der Waals surface area contributed by atoms with Crippen molar-refractivity contribution in [3.05, 3.63) is 24.3 Å². The Hall–Kier alpha value is -1.03. The van der Waals surface area contributed by atoms with Crippen molar-refractivity contribution in [1.29, 1.82) is 0 Å². The Labute approximate surface area is 90.2 Å². The molecular formula is C11H15NO2S. The quantitative estimate of drug-likeness (QED) is 0.783. The Bertz CT molecular complexity index is 447. The summed E-state index contributed by atoms with van der Waals surface area (Å²) in [6.45, 7) is 0. The predicted molar refractivity (Wildman–Crippen MR) is 60.3 cm³/mol. The van der Waals surface area contributed by atoms with E-state index in [4.69, 9.17) is 5.73 Å². The zero-order chi connectivity index (χ0) is 10.9. The fraction of sp³-hybridized carbons (Fsp3) is 0.455. The summed E-state index contributed by atoms with van der Waals surface area (Å²) < 4.78 is 24.4. The van der Waals surface area contributed by atoms with Crippen LogP contribution in [0, 0.1) is 0 Å². The van der Waals surface area contributed by atoms with Gasteiger partial charge in [-0.3, -0.25) is 0 Å². The van der Waals surface area contributed by atoms with Gasteiger partial charge in [0.15, 0.2) is 9.84 Å². The van der Waals surface area contributed by atoms with Crippen molar-refractivity contribution in [3.63, 3.8) is 0 Å². The summed E-state index contributed by atoms with van der Waals surface area (Å²) >= 11 is 0. The summed E-state index contributed by atoms with van der Waals surface area (Å²) in [7, 11) is -3.19. The van der Waals surface area contributed by atoms with Crippen LogP contribution in [-0.4, -0.2) is 13.7 Å². The number of nitrogen functional groups attached to an aromatic ring is 1.